The van der Waals surface area contributed by atoms with E-state index < -0.39 is 0 Å². The van der Waals surface area contributed by atoms with Gasteiger partial charge in [-0.1, -0.05) is 26.0 Å². The van der Waals surface area contributed by atoms with Crippen LogP contribution in [-0.2, 0) is 13.1 Å². The zero-order valence-corrected chi connectivity index (χ0v) is 13.0. The molecule has 0 aliphatic rings. The molecule has 21 heavy (non-hydrogen) atoms. The van der Waals surface area contributed by atoms with Crippen LogP contribution in [0.3, 0.4) is 0 Å². The summed E-state index contributed by atoms with van der Waals surface area (Å²) >= 11 is 0. The van der Waals surface area contributed by atoms with E-state index in [-0.39, 0.29) is 0 Å². The van der Waals surface area contributed by atoms with Crippen LogP contribution in [0.4, 0.5) is 0 Å². The number of imidazole rings is 1. The fourth-order valence-electron chi connectivity index (χ4n) is 2.05. The second-order valence-electron chi connectivity index (χ2n) is 5.68. The molecule has 0 fully saturated rings. The Balaban J connectivity index is 1.66. The van der Waals surface area contributed by atoms with Crippen LogP contribution in [0.1, 0.15) is 25.8 Å². The fraction of sp³-hybridized carbons (Fsp3) is 0.471. The number of ether oxygens (including phenoxy) is 1. The van der Waals surface area contributed by atoms with Gasteiger partial charge in [0.15, 0.2) is 0 Å². The van der Waals surface area contributed by atoms with Crippen LogP contribution in [0, 0.1) is 5.92 Å². The monoisotopic (exact) mass is 287 g/mol. The zero-order chi connectivity index (χ0) is 14.9. The molecule has 0 amide bonds. The third-order valence-corrected chi connectivity index (χ3v) is 3.14. The highest BCUT2D eigenvalue weighted by Gasteiger charge is 1.99. The molecule has 2 rings (SSSR count). The topological polar surface area (TPSA) is 39.1 Å². The van der Waals surface area contributed by atoms with Crippen LogP contribution in [0.25, 0.3) is 0 Å². The maximum Gasteiger partial charge on any atom is 0.119 e. The zero-order valence-electron chi connectivity index (χ0n) is 13.0. The van der Waals surface area contributed by atoms with Crippen molar-refractivity contribution in [2.75, 3.05) is 13.2 Å². The summed E-state index contributed by atoms with van der Waals surface area (Å²) in [6.07, 6.45) is 6.76. The summed E-state index contributed by atoms with van der Waals surface area (Å²) in [6.45, 7) is 7.96. The molecule has 1 N–H and O–H groups in total. The summed E-state index contributed by atoms with van der Waals surface area (Å²) in [4.78, 5) is 4.04. The van der Waals surface area contributed by atoms with Crippen molar-refractivity contribution in [3.8, 4) is 5.75 Å². The summed E-state index contributed by atoms with van der Waals surface area (Å²) in [5.41, 5.74) is 1.26. The van der Waals surface area contributed by atoms with Crippen LogP contribution in [0.5, 0.6) is 5.75 Å². The fourth-order valence-corrected chi connectivity index (χ4v) is 2.05. The number of aromatic nitrogens is 2. The predicted octanol–water partition coefficient (Wildman–Crippen LogP) is 3.10. The SMILES string of the molecule is CC(C)COc1cccc(CNCCCn2ccnc2)c1. The Morgan fingerprint density at radius 1 is 1.33 bits per heavy atom. The normalized spacial score (nSPS) is 11.0. The van der Waals surface area contributed by atoms with E-state index in [9.17, 15) is 0 Å². The van der Waals surface area contributed by atoms with Gasteiger partial charge in [-0.2, -0.15) is 0 Å². The Labute approximate surface area is 127 Å². The quantitative estimate of drug-likeness (QED) is 0.720. The molecule has 2 aromatic rings. The maximum absolute atomic E-state index is 5.75. The summed E-state index contributed by atoms with van der Waals surface area (Å²) in [7, 11) is 0. The average molecular weight is 287 g/mol. The number of benzene rings is 1. The van der Waals surface area contributed by atoms with Crippen LogP contribution in [0.2, 0.25) is 0 Å². The third kappa shape index (κ3) is 6.00. The van der Waals surface area contributed by atoms with Crippen molar-refractivity contribution in [3.05, 3.63) is 48.5 Å². The van der Waals surface area contributed by atoms with Gasteiger partial charge in [0.05, 0.1) is 12.9 Å². The minimum atomic E-state index is 0.551. The number of aryl methyl sites for hydroxylation is 1. The van der Waals surface area contributed by atoms with E-state index in [1.807, 2.05) is 24.8 Å². The summed E-state index contributed by atoms with van der Waals surface area (Å²) in [6, 6.07) is 8.32. The molecule has 0 saturated heterocycles. The third-order valence-electron chi connectivity index (χ3n) is 3.14. The second-order valence-corrected chi connectivity index (χ2v) is 5.68. The molecular weight excluding hydrogens is 262 g/mol. The molecule has 4 heteroatoms. The Morgan fingerprint density at radius 2 is 2.24 bits per heavy atom. The number of hydrogen-bond donors (Lipinski definition) is 1. The van der Waals surface area contributed by atoms with Crippen LogP contribution in [-0.4, -0.2) is 22.7 Å². The molecule has 0 unspecified atom stereocenters. The minimum Gasteiger partial charge on any atom is -0.493 e. The minimum absolute atomic E-state index is 0.551. The highest BCUT2D eigenvalue weighted by atomic mass is 16.5. The Bertz CT molecular complexity index is 509. The lowest BCUT2D eigenvalue weighted by Crippen LogP contribution is -2.16. The van der Waals surface area contributed by atoms with E-state index in [1.165, 1.54) is 5.56 Å². The lowest BCUT2D eigenvalue weighted by molar-refractivity contribution is 0.271. The van der Waals surface area contributed by atoms with Crippen molar-refractivity contribution in [2.24, 2.45) is 5.92 Å². The highest BCUT2D eigenvalue weighted by molar-refractivity contribution is 5.28. The van der Waals surface area contributed by atoms with Crippen LogP contribution < -0.4 is 10.1 Å². The highest BCUT2D eigenvalue weighted by Crippen LogP contribution is 2.14. The number of nitrogens with zero attached hydrogens (tertiary/aromatic N) is 2. The van der Waals surface area contributed by atoms with Crippen molar-refractivity contribution < 1.29 is 4.74 Å². The smallest absolute Gasteiger partial charge is 0.119 e. The first-order valence-corrected chi connectivity index (χ1v) is 7.62. The van der Waals surface area contributed by atoms with E-state index >= 15 is 0 Å². The molecule has 114 valence electrons. The predicted molar refractivity (Wildman–Crippen MR) is 85.3 cm³/mol. The molecule has 1 heterocycles. The van der Waals surface area contributed by atoms with Crippen molar-refractivity contribution >= 4 is 0 Å². The van der Waals surface area contributed by atoms with Gasteiger partial charge in [-0.15, -0.1) is 0 Å². The first kappa shape index (κ1) is 15.6. The summed E-state index contributed by atoms with van der Waals surface area (Å²) < 4.78 is 7.85. The average Bonchev–Trinajstić information content (AvgIpc) is 2.98. The van der Waals surface area contributed by atoms with Gasteiger partial charge in [0, 0.05) is 25.5 Å². The molecular formula is C17H25N3O. The standard InChI is InChI=1S/C17H25N3O/c1-15(2)13-21-17-6-3-5-16(11-17)12-18-7-4-9-20-10-8-19-14-20/h3,5-6,8,10-11,14-15,18H,4,7,9,12-13H2,1-2H3. The van der Waals surface area contributed by atoms with E-state index in [2.05, 4.69) is 46.9 Å². The van der Waals surface area contributed by atoms with E-state index in [0.29, 0.717) is 5.92 Å². The molecule has 0 aliphatic heterocycles. The number of hydrogen-bond acceptors (Lipinski definition) is 3. The maximum atomic E-state index is 5.75. The first-order valence-electron chi connectivity index (χ1n) is 7.62. The van der Waals surface area contributed by atoms with E-state index in [4.69, 9.17) is 4.74 Å². The van der Waals surface area contributed by atoms with Gasteiger partial charge in [0.2, 0.25) is 0 Å². The van der Waals surface area contributed by atoms with Crippen LogP contribution >= 0.6 is 0 Å². The van der Waals surface area contributed by atoms with Gasteiger partial charge in [0.25, 0.3) is 0 Å². The van der Waals surface area contributed by atoms with Crippen molar-refractivity contribution in [3.63, 3.8) is 0 Å². The molecule has 1 aromatic heterocycles. The van der Waals surface area contributed by atoms with Crippen molar-refractivity contribution in [1.29, 1.82) is 0 Å². The van der Waals surface area contributed by atoms with Gasteiger partial charge in [-0.3, -0.25) is 0 Å². The van der Waals surface area contributed by atoms with Crippen LogP contribution in [0.15, 0.2) is 43.0 Å². The Kier molecular flexibility index (Phi) is 6.28. The molecule has 0 spiro atoms. The largest absolute Gasteiger partial charge is 0.493 e. The van der Waals surface area contributed by atoms with Gasteiger partial charge in [-0.05, 0) is 36.6 Å². The number of rotatable bonds is 9. The van der Waals surface area contributed by atoms with Gasteiger partial charge in [-0.25, -0.2) is 4.98 Å². The number of nitrogens with one attached hydrogen (secondary N) is 1. The Morgan fingerprint density at radius 3 is 3.00 bits per heavy atom. The van der Waals surface area contributed by atoms with E-state index in [0.717, 1.165) is 38.4 Å². The van der Waals surface area contributed by atoms with Gasteiger partial charge >= 0.3 is 0 Å². The van der Waals surface area contributed by atoms with Crippen molar-refractivity contribution in [2.45, 2.75) is 33.4 Å². The van der Waals surface area contributed by atoms with E-state index in [1.54, 1.807) is 0 Å². The lowest BCUT2D eigenvalue weighted by Gasteiger charge is -2.10. The second kappa shape index (κ2) is 8.47. The molecule has 0 radical (unpaired) electrons. The summed E-state index contributed by atoms with van der Waals surface area (Å²) in [5.74, 6) is 1.51. The Hall–Kier alpha value is -1.81. The molecule has 0 saturated carbocycles. The summed E-state index contributed by atoms with van der Waals surface area (Å²) in [5, 5.41) is 3.47. The first-order chi connectivity index (χ1) is 10.2. The molecule has 4 nitrogen and oxygen atoms in total. The lowest BCUT2D eigenvalue weighted by atomic mass is 10.2. The van der Waals surface area contributed by atoms with Gasteiger partial charge in [0.1, 0.15) is 5.75 Å². The van der Waals surface area contributed by atoms with Crippen molar-refractivity contribution in [1.82, 2.24) is 14.9 Å². The molecule has 0 bridgehead atoms. The molecule has 1 aromatic carbocycles. The molecule has 0 aliphatic carbocycles. The van der Waals surface area contributed by atoms with Gasteiger partial charge < -0.3 is 14.6 Å². The molecule has 0 atom stereocenters.